The van der Waals surface area contributed by atoms with Crippen LogP contribution in [0.15, 0.2) is 66.6 Å². The number of likely N-dealkylation sites (tertiary alicyclic amines) is 1. The van der Waals surface area contributed by atoms with Crippen LogP contribution in [0, 0.1) is 25.2 Å². The second-order valence-electron chi connectivity index (χ2n) is 11.1. The molecule has 7 heteroatoms. The highest BCUT2D eigenvalue weighted by molar-refractivity contribution is 5.93. The number of ether oxygens (including phenoxy) is 1. The lowest BCUT2D eigenvalue weighted by molar-refractivity contribution is 0.101. The molecule has 2 aromatic rings. The van der Waals surface area contributed by atoms with Gasteiger partial charge in [-0.05, 0) is 104 Å². The molecule has 0 bridgehead atoms. The van der Waals surface area contributed by atoms with Crippen LogP contribution in [0.5, 0.6) is 0 Å². The highest BCUT2D eigenvalue weighted by Crippen LogP contribution is 2.08. The molecule has 1 aromatic heterocycles. The number of nitriles is 1. The topological polar surface area (TPSA) is 95.3 Å². The van der Waals surface area contributed by atoms with Gasteiger partial charge in [-0.2, -0.15) is 5.26 Å². The molecule has 2 heterocycles. The van der Waals surface area contributed by atoms with Crippen LogP contribution in [0.25, 0.3) is 0 Å². The van der Waals surface area contributed by atoms with Gasteiger partial charge >= 0.3 is 0 Å². The van der Waals surface area contributed by atoms with E-state index < -0.39 is 0 Å². The fourth-order valence-electron chi connectivity index (χ4n) is 3.58. The van der Waals surface area contributed by atoms with E-state index >= 15 is 0 Å². The number of benzene rings is 1. The lowest BCUT2D eigenvalue weighted by atomic mass is 10.1. The summed E-state index contributed by atoms with van der Waals surface area (Å²) in [7, 11) is 2.20. The van der Waals surface area contributed by atoms with Gasteiger partial charge in [-0.3, -0.25) is 14.6 Å². The van der Waals surface area contributed by atoms with Crippen molar-refractivity contribution in [2.75, 3.05) is 33.3 Å². The van der Waals surface area contributed by atoms with Crippen molar-refractivity contribution in [2.45, 2.75) is 128 Å². The molecule has 1 N–H and O–H groups in total. The molecular formula is C42H72N4O3. The van der Waals surface area contributed by atoms with Gasteiger partial charge in [-0.25, -0.2) is 0 Å². The zero-order valence-corrected chi connectivity index (χ0v) is 33.6. The van der Waals surface area contributed by atoms with Gasteiger partial charge in [-0.15, -0.1) is 0 Å². The lowest BCUT2D eigenvalue weighted by Gasteiger charge is -2.29. The van der Waals surface area contributed by atoms with Gasteiger partial charge in [0.25, 0.3) is 0 Å². The first-order valence-electron chi connectivity index (χ1n) is 18.1. The number of nitrogens with one attached hydrogen (secondary N) is 1. The number of aldehydes is 1. The Morgan fingerprint density at radius 3 is 2.00 bits per heavy atom. The molecule has 0 saturated carbocycles. The van der Waals surface area contributed by atoms with Crippen molar-refractivity contribution in [3.05, 3.63) is 89.0 Å². The van der Waals surface area contributed by atoms with Gasteiger partial charge < -0.3 is 15.0 Å². The van der Waals surface area contributed by atoms with Gasteiger partial charge in [0.05, 0.1) is 18.4 Å². The number of Topliss-reactive ketones (excluding diaryl/α,β-unsaturated/α-hetero) is 1. The third kappa shape index (κ3) is 37.1. The number of pyridine rings is 1. The Morgan fingerprint density at radius 1 is 1.04 bits per heavy atom. The molecule has 1 aliphatic rings. The predicted octanol–water partition coefficient (Wildman–Crippen LogP) is 10.7. The Kier molecular flexibility index (Phi) is 43.2. The van der Waals surface area contributed by atoms with E-state index in [1.165, 1.54) is 52.2 Å². The lowest BCUT2D eigenvalue weighted by Crippen LogP contribution is -2.40. The monoisotopic (exact) mass is 681 g/mol. The number of ketones is 1. The number of aryl methyl sites for hydroxylation is 2. The summed E-state index contributed by atoms with van der Waals surface area (Å²) in [6.07, 6.45) is 15.9. The summed E-state index contributed by atoms with van der Waals surface area (Å²) in [6.45, 7) is 28.1. The molecule has 0 atom stereocenters. The van der Waals surface area contributed by atoms with Crippen molar-refractivity contribution in [2.24, 2.45) is 0 Å². The molecule has 1 saturated heterocycles. The second-order valence-corrected chi connectivity index (χ2v) is 11.1. The Balaban J connectivity index is -0.000000258. The predicted molar refractivity (Wildman–Crippen MR) is 212 cm³/mol. The normalized spacial score (nSPS) is 12.0. The summed E-state index contributed by atoms with van der Waals surface area (Å²) in [4.78, 5) is 27.4. The molecule has 1 fully saturated rings. The molecular weight excluding hydrogens is 608 g/mol. The Hall–Kier alpha value is -3.60. The van der Waals surface area contributed by atoms with Crippen molar-refractivity contribution in [1.29, 1.82) is 5.26 Å². The van der Waals surface area contributed by atoms with Gasteiger partial charge in [-0.1, -0.05) is 97.4 Å². The third-order valence-electron chi connectivity index (χ3n) is 6.32. The first-order valence-corrected chi connectivity index (χ1v) is 18.1. The second kappa shape index (κ2) is 40.6. The maximum absolute atomic E-state index is 10.9. The number of hydrogen-bond acceptors (Lipinski definition) is 7. The smallest absolute Gasteiger partial charge is 0.161 e. The van der Waals surface area contributed by atoms with Gasteiger partial charge in [0, 0.05) is 36.0 Å². The SMILES string of the molecule is CC.CC#N.CC(=O)c1cnc(C)c(C)c1.CC/C=C\C=C(/C)OCCC.CCC.CCCNC1CCN(C)CC1.O=Cc1ccccc1. The average molecular weight is 681 g/mol. The molecule has 49 heavy (non-hydrogen) atoms. The molecule has 0 spiro atoms. The van der Waals surface area contributed by atoms with Crippen LogP contribution in [-0.4, -0.2) is 61.3 Å². The van der Waals surface area contributed by atoms with Crippen LogP contribution in [0.1, 0.15) is 140 Å². The summed E-state index contributed by atoms with van der Waals surface area (Å²) in [6, 6.07) is 13.5. The average Bonchev–Trinajstić information content (AvgIpc) is 3.11. The fourth-order valence-corrected chi connectivity index (χ4v) is 3.58. The zero-order chi connectivity index (χ0) is 38.3. The third-order valence-corrected chi connectivity index (χ3v) is 6.32. The molecule has 0 unspecified atom stereocenters. The number of piperidine rings is 1. The van der Waals surface area contributed by atoms with Crippen LogP contribution in [0.3, 0.4) is 0 Å². The summed E-state index contributed by atoms with van der Waals surface area (Å²) in [5.41, 5.74) is 3.47. The van der Waals surface area contributed by atoms with Crippen LogP contribution in [-0.2, 0) is 4.74 Å². The van der Waals surface area contributed by atoms with E-state index in [9.17, 15) is 9.59 Å². The quantitative estimate of drug-likeness (QED) is 0.115. The van der Waals surface area contributed by atoms with Crippen LogP contribution in [0.4, 0.5) is 0 Å². The largest absolute Gasteiger partial charge is 0.498 e. The Morgan fingerprint density at radius 2 is 1.59 bits per heavy atom. The Bertz CT molecular complexity index is 1110. The molecule has 0 amide bonds. The molecule has 7 nitrogen and oxygen atoms in total. The van der Waals surface area contributed by atoms with Crippen molar-refractivity contribution in [3.8, 4) is 6.07 Å². The van der Waals surface area contributed by atoms with E-state index in [0.717, 1.165) is 54.4 Å². The van der Waals surface area contributed by atoms with Crippen LogP contribution >= 0.6 is 0 Å². The first-order chi connectivity index (χ1) is 23.5. The van der Waals surface area contributed by atoms with E-state index in [-0.39, 0.29) is 5.78 Å². The summed E-state index contributed by atoms with van der Waals surface area (Å²) < 4.78 is 5.35. The van der Waals surface area contributed by atoms with Crippen molar-refractivity contribution >= 4 is 12.1 Å². The summed E-state index contributed by atoms with van der Waals surface area (Å²) in [5, 5.41) is 10.9. The first kappa shape index (κ1) is 52.2. The highest BCUT2D eigenvalue weighted by atomic mass is 16.5. The minimum Gasteiger partial charge on any atom is -0.498 e. The number of carbonyl (C=O) groups excluding carboxylic acids is 2. The molecule has 0 radical (unpaired) electrons. The van der Waals surface area contributed by atoms with E-state index in [0.29, 0.717) is 5.56 Å². The maximum atomic E-state index is 10.9. The van der Waals surface area contributed by atoms with E-state index in [2.05, 4.69) is 62.9 Å². The summed E-state index contributed by atoms with van der Waals surface area (Å²) in [5.74, 6) is 1.07. The number of hydrogen-bond donors (Lipinski definition) is 1. The highest BCUT2D eigenvalue weighted by Gasteiger charge is 2.14. The minimum atomic E-state index is 0.0700. The molecule has 278 valence electrons. The van der Waals surface area contributed by atoms with Gasteiger partial charge in [0.15, 0.2) is 5.78 Å². The van der Waals surface area contributed by atoms with Crippen LogP contribution < -0.4 is 5.32 Å². The molecule has 0 aliphatic carbocycles. The number of rotatable bonds is 10. The van der Waals surface area contributed by atoms with Crippen molar-refractivity contribution < 1.29 is 14.3 Å². The number of allylic oxidation sites excluding steroid dienone is 4. The molecule has 1 aromatic carbocycles. The van der Waals surface area contributed by atoms with E-state index in [1.807, 2.05) is 71.0 Å². The van der Waals surface area contributed by atoms with E-state index in [1.54, 1.807) is 31.3 Å². The van der Waals surface area contributed by atoms with Crippen molar-refractivity contribution in [1.82, 2.24) is 15.2 Å². The Labute approximate surface area is 302 Å². The molecule has 3 rings (SSSR count). The minimum absolute atomic E-state index is 0.0700. The number of carbonyl (C=O) groups is 2. The summed E-state index contributed by atoms with van der Waals surface area (Å²) >= 11 is 0. The molecule has 1 aliphatic heterocycles. The van der Waals surface area contributed by atoms with Gasteiger partial charge in [0.2, 0.25) is 0 Å². The fraction of sp³-hybridized carbons (Fsp3) is 0.571. The van der Waals surface area contributed by atoms with Crippen molar-refractivity contribution in [3.63, 3.8) is 0 Å². The van der Waals surface area contributed by atoms with Gasteiger partial charge in [0.1, 0.15) is 6.29 Å². The number of aromatic nitrogens is 1. The maximum Gasteiger partial charge on any atom is 0.161 e. The zero-order valence-electron chi connectivity index (χ0n) is 33.6. The van der Waals surface area contributed by atoms with E-state index in [4.69, 9.17) is 10.00 Å². The van der Waals surface area contributed by atoms with Crippen LogP contribution in [0.2, 0.25) is 0 Å². The standard InChI is InChI=1S/C10H18O.C9H20N2.C9H11NO.C7H6O.C3H8.C2H3N.C2H6/c1-4-6-7-8-10(3)11-9-5-2;1-3-6-10-9-4-7-11(2)8-5-9;1-6-4-9(8(3)11)5-10-7(6)2;8-6-7-4-2-1-3-5-7;1-3-2;1-2-3;1-2/h6-8H,4-5,9H2,1-3H3;9-10H,3-8H2,1-2H3;4-5H,1-3H3;1-6H;3H2,1-2H3;1H3;1-2H3/b7-6-,10-8+;;;;;;. The number of nitrogens with zero attached hydrogens (tertiary/aromatic N) is 3.